The molecule has 0 bridgehead atoms. The van der Waals surface area contributed by atoms with Gasteiger partial charge in [0, 0.05) is 25.1 Å². The van der Waals surface area contributed by atoms with E-state index in [9.17, 15) is 4.79 Å². The number of imidazole rings is 1. The molecule has 1 amide bonds. The molecule has 6 nitrogen and oxygen atoms in total. The van der Waals surface area contributed by atoms with Crippen LogP contribution in [-0.4, -0.2) is 32.0 Å². The maximum absolute atomic E-state index is 12.4. The molecule has 1 aliphatic carbocycles. The number of rotatable bonds is 6. The molecule has 1 aliphatic rings. The Morgan fingerprint density at radius 3 is 3.04 bits per heavy atom. The minimum absolute atomic E-state index is 0.0856. The van der Waals surface area contributed by atoms with Crippen LogP contribution in [0.1, 0.15) is 41.6 Å². The van der Waals surface area contributed by atoms with Crippen molar-refractivity contribution in [3.8, 4) is 0 Å². The van der Waals surface area contributed by atoms with Crippen molar-refractivity contribution in [3.05, 3.63) is 66.4 Å². The van der Waals surface area contributed by atoms with Gasteiger partial charge in [-0.1, -0.05) is 18.2 Å². The topological polar surface area (TPSA) is 72.7 Å². The molecule has 0 saturated heterocycles. The molecular formula is C21H23N5O. The fourth-order valence-corrected chi connectivity index (χ4v) is 3.49. The first-order valence-electron chi connectivity index (χ1n) is 9.42. The van der Waals surface area contributed by atoms with Crippen molar-refractivity contribution >= 4 is 17.1 Å². The molecule has 0 aliphatic heterocycles. The molecular weight excluding hydrogens is 338 g/mol. The SMILES string of the molecule is O=C(NCCC1CC=CCC1)c1cnc2c(c1)ncn2Cc1cccnc1. The molecule has 3 heterocycles. The van der Waals surface area contributed by atoms with E-state index in [-0.39, 0.29) is 5.91 Å². The average Bonchev–Trinajstić information content (AvgIpc) is 3.11. The highest BCUT2D eigenvalue weighted by atomic mass is 16.1. The van der Waals surface area contributed by atoms with Gasteiger partial charge in [-0.05, 0) is 49.3 Å². The van der Waals surface area contributed by atoms with Crippen molar-refractivity contribution in [2.75, 3.05) is 6.54 Å². The molecule has 3 aromatic heterocycles. The number of aromatic nitrogens is 4. The van der Waals surface area contributed by atoms with E-state index in [1.807, 2.05) is 22.9 Å². The number of pyridine rings is 2. The van der Waals surface area contributed by atoms with Gasteiger partial charge in [-0.15, -0.1) is 0 Å². The van der Waals surface area contributed by atoms with Crippen LogP contribution in [-0.2, 0) is 6.54 Å². The zero-order chi connectivity index (χ0) is 18.5. The minimum atomic E-state index is -0.0856. The lowest BCUT2D eigenvalue weighted by molar-refractivity contribution is 0.0951. The highest BCUT2D eigenvalue weighted by Gasteiger charge is 2.13. The van der Waals surface area contributed by atoms with Crippen LogP contribution in [0.3, 0.4) is 0 Å². The van der Waals surface area contributed by atoms with Crippen molar-refractivity contribution in [2.45, 2.75) is 32.2 Å². The average molecular weight is 361 g/mol. The monoisotopic (exact) mass is 361 g/mol. The fraction of sp³-hybridized carbons (Fsp3) is 0.333. The number of hydrogen-bond donors (Lipinski definition) is 1. The molecule has 1 unspecified atom stereocenters. The first-order valence-corrected chi connectivity index (χ1v) is 9.42. The van der Waals surface area contributed by atoms with Gasteiger partial charge in [-0.3, -0.25) is 9.78 Å². The van der Waals surface area contributed by atoms with Gasteiger partial charge >= 0.3 is 0 Å². The Morgan fingerprint density at radius 2 is 2.22 bits per heavy atom. The van der Waals surface area contributed by atoms with Crippen molar-refractivity contribution in [1.29, 1.82) is 0 Å². The lowest BCUT2D eigenvalue weighted by Crippen LogP contribution is -2.26. The molecule has 3 aromatic rings. The summed E-state index contributed by atoms with van der Waals surface area (Å²) >= 11 is 0. The summed E-state index contributed by atoms with van der Waals surface area (Å²) in [4.78, 5) is 25.4. The van der Waals surface area contributed by atoms with Crippen molar-refractivity contribution in [3.63, 3.8) is 0 Å². The zero-order valence-electron chi connectivity index (χ0n) is 15.2. The quantitative estimate of drug-likeness (QED) is 0.684. The summed E-state index contributed by atoms with van der Waals surface area (Å²) in [6.45, 7) is 1.35. The molecule has 138 valence electrons. The van der Waals surface area contributed by atoms with Crippen molar-refractivity contribution in [1.82, 2.24) is 24.8 Å². The zero-order valence-corrected chi connectivity index (χ0v) is 15.2. The third kappa shape index (κ3) is 4.22. The van der Waals surface area contributed by atoms with E-state index in [0.29, 0.717) is 24.6 Å². The number of allylic oxidation sites excluding steroid dienone is 2. The van der Waals surface area contributed by atoms with Crippen LogP contribution in [0.4, 0.5) is 0 Å². The summed E-state index contributed by atoms with van der Waals surface area (Å²) in [6, 6.07) is 5.73. The van der Waals surface area contributed by atoms with Crippen molar-refractivity contribution in [2.24, 2.45) is 5.92 Å². The standard InChI is InChI=1S/C21H23N5O/c27-21(23-10-8-16-5-2-1-3-6-16)18-11-19-20(24-13-18)26(15-25-19)14-17-7-4-9-22-12-17/h1-2,4,7,9,11-13,15-16H,3,5-6,8,10,14H2,(H,23,27). The first kappa shape index (κ1) is 17.4. The number of amides is 1. The third-order valence-electron chi connectivity index (χ3n) is 5.01. The lowest BCUT2D eigenvalue weighted by atomic mass is 9.91. The van der Waals surface area contributed by atoms with Crippen LogP contribution in [0.5, 0.6) is 0 Å². The van der Waals surface area contributed by atoms with E-state index in [1.54, 1.807) is 24.8 Å². The summed E-state index contributed by atoms with van der Waals surface area (Å²) in [5, 5.41) is 3.01. The molecule has 1 N–H and O–H groups in total. The number of carbonyl (C=O) groups is 1. The number of carbonyl (C=O) groups excluding carboxylic acids is 1. The van der Waals surface area contributed by atoms with Crippen LogP contribution in [0.25, 0.3) is 11.2 Å². The summed E-state index contributed by atoms with van der Waals surface area (Å²) in [5.74, 6) is 0.594. The smallest absolute Gasteiger partial charge is 0.252 e. The van der Waals surface area contributed by atoms with Crippen LogP contribution in [0, 0.1) is 5.92 Å². The number of fused-ring (bicyclic) bond motifs is 1. The predicted octanol–water partition coefficient (Wildman–Crippen LogP) is 3.35. The van der Waals surface area contributed by atoms with Gasteiger partial charge in [0.15, 0.2) is 5.65 Å². The van der Waals surface area contributed by atoms with E-state index in [2.05, 4.69) is 32.4 Å². The van der Waals surface area contributed by atoms with Crippen LogP contribution < -0.4 is 5.32 Å². The molecule has 0 aromatic carbocycles. The Balaban J connectivity index is 1.39. The minimum Gasteiger partial charge on any atom is -0.352 e. The van der Waals surface area contributed by atoms with E-state index < -0.39 is 0 Å². The maximum Gasteiger partial charge on any atom is 0.252 e. The number of nitrogens with one attached hydrogen (secondary N) is 1. The molecule has 0 spiro atoms. The van der Waals surface area contributed by atoms with Gasteiger partial charge < -0.3 is 9.88 Å². The van der Waals surface area contributed by atoms with E-state index >= 15 is 0 Å². The van der Waals surface area contributed by atoms with Crippen molar-refractivity contribution < 1.29 is 4.79 Å². The maximum atomic E-state index is 12.4. The van der Waals surface area contributed by atoms with Gasteiger partial charge in [0.25, 0.3) is 5.91 Å². The van der Waals surface area contributed by atoms with Crippen LogP contribution >= 0.6 is 0 Å². The number of hydrogen-bond acceptors (Lipinski definition) is 4. The Morgan fingerprint density at radius 1 is 1.26 bits per heavy atom. The highest BCUT2D eigenvalue weighted by molar-refractivity contribution is 5.96. The van der Waals surface area contributed by atoms with E-state index in [4.69, 9.17) is 0 Å². The molecule has 27 heavy (non-hydrogen) atoms. The fourth-order valence-electron chi connectivity index (χ4n) is 3.49. The van der Waals surface area contributed by atoms with Crippen LogP contribution in [0.2, 0.25) is 0 Å². The van der Waals surface area contributed by atoms with Gasteiger partial charge in [-0.2, -0.15) is 0 Å². The summed E-state index contributed by atoms with van der Waals surface area (Å²) in [6.07, 6.45) is 16.0. The first-order chi connectivity index (χ1) is 13.3. The molecule has 0 radical (unpaired) electrons. The normalized spacial score (nSPS) is 16.5. The van der Waals surface area contributed by atoms with Gasteiger partial charge in [-0.25, -0.2) is 9.97 Å². The molecule has 4 rings (SSSR count). The third-order valence-corrected chi connectivity index (χ3v) is 5.01. The summed E-state index contributed by atoms with van der Waals surface area (Å²) < 4.78 is 1.96. The second-order valence-corrected chi connectivity index (χ2v) is 7.00. The Hall–Kier alpha value is -3.02. The predicted molar refractivity (Wildman–Crippen MR) is 104 cm³/mol. The molecule has 6 heteroatoms. The molecule has 0 fully saturated rings. The summed E-state index contributed by atoms with van der Waals surface area (Å²) in [5.41, 5.74) is 3.13. The van der Waals surface area contributed by atoms with Crippen LogP contribution in [0.15, 0.2) is 55.3 Å². The van der Waals surface area contributed by atoms with E-state index in [1.165, 1.54) is 6.42 Å². The Labute approximate surface area is 158 Å². The molecule has 0 saturated carbocycles. The van der Waals surface area contributed by atoms with Gasteiger partial charge in [0.2, 0.25) is 0 Å². The second kappa shape index (κ2) is 8.12. The number of nitrogens with zero attached hydrogens (tertiary/aromatic N) is 4. The van der Waals surface area contributed by atoms with Gasteiger partial charge in [0.1, 0.15) is 5.52 Å². The second-order valence-electron chi connectivity index (χ2n) is 7.00. The highest BCUT2D eigenvalue weighted by Crippen LogP contribution is 2.20. The lowest BCUT2D eigenvalue weighted by Gasteiger charge is -2.17. The summed E-state index contributed by atoms with van der Waals surface area (Å²) in [7, 11) is 0. The van der Waals surface area contributed by atoms with E-state index in [0.717, 1.165) is 36.0 Å². The molecule has 1 atom stereocenters. The van der Waals surface area contributed by atoms with Gasteiger partial charge in [0.05, 0.1) is 18.4 Å². The largest absolute Gasteiger partial charge is 0.352 e. The Kier molecular flexibility index (Phi) is 5.23. The Bertz CT molecular complexity index is 948.